The smallest absolute Gasteiger partial charge is 0.245 e. The van der Waals surface area contributed by atoms with Gasteiger partial charge in [-0.05, 0) is 54.8 Å². The molecule has 1 amide bonds. The van der Waals surface area contributed by atoms with Gasteiger partial charge in [-0.1, -0.05) is 54.1 Å². The van der Waals surface area contributed by atoms with Crippen LogP contribution in [0.15, 0.2) is 77.7 Å². The van der Waals surface area contributed by atoms with Gasteiger partial charge in [0.05, 0.1) is 13.2 Å². The lowest BCUT2D eigenvalue weighted by Crippen LogP contribution is -2.48. The van der Waals surface area contributed by atoms with Crippen LogP contribution in [0.1, 0.15) is 24.1 Å². The summed E-state index contributed by atoms with van der Waals surface area (Å²) in [5.74, 6) is -0.812. The van der Waals surface area contributed by atoms with Crippen LogP contribution in [0.25, 0.3) is 0 Å². The van der Waals surface area contributed by atoms with Gasteiger partial charge in [0.15, 0.2) is 0 Å². The maximum Gasteiger partial charge on any atom is 0.245 e. The minimum Gasteiger partial charge on any atom is -0.495 e. The minimum absolute atomic E-state index is 0.102. The van der Waals surface area contributed by atoms with Gasteiger partial charge >= 0.3 is 0 Å². The lowest BCUT2D eigenvalue weighted by Gasteiger charge is -2.22. The van der Waals surface area contributed by atoms with Crippen LogP contribution in [-0.4, -0.2) is 27.5 Å². The van der Waals surface area contributed by atoms with E-state index in [9.17, 15) is 17.6 Å². The fourth-order valence-electron chi connectivity index (χ4n) is 3.30. The average Bonchev–Trinajstić information content (AvgIpc) is 2.79. The number of hydrogen-bond donors (Lipinski definition) is 2. The first-order valence-electron chi connectivity index (χ1n) is 10.1. The van der Waals surface area contributed by atoms with Crippen LogP contribution >= 0.6 is 11.6 Å². The van der Waals surface area contributed by atoms with E-state index in [2.05, 4.69) is 10.0 Å². The molecule has 0 spiro atoms. The maximum atomic E-state index is 13.2. The second-order valence-electron chi connectivity index (χ2n) is 7.44. The van der Waals surface area contributed by atoms with Gasteiger partial charge in [0.2, 0.25) is 15.9 Å². The van der Waals surface area contributed by atoms with Gasteiger partial charge in [-0.2, -0.15) is 4.72 Å². The molecular weight excluding hydrogens is 467 g/mol. The topological polar surface area (TPSA) is 84.5 Å². The summed E-state index contributed by atoms with van der Waals surface area (Å²) >= 11 is 6.00. The van der Waals surface area contributed by atoms with Gasteiger partial charge in [0.1, 0.15) is 22.5 Å². The number of sulfonamides is 1. The molecule has 0 heterocycles. The molecule has 0 bridgehead atoms. The number of hydrogen-bond acceptors (Lipinski definition) is 4. The predicted molar refractivity (Wildman–Crippen MR) is 125 cm³/mol. The van der Waals surface area contributed by atoms with Gasteiger partial charge in [0.25, 0.3) is 0 Å². The largest absolute Gasteiger partial charge is 0.495 e. The number of methoxy groups -OCH3 is 1. The summed E-state index contributed by atoms with van der Waals surface area (Å²) in [4.78, 5) is 13.0. The molecule has 0 fully saturated rings. The molecule has 0 unspecified atom stereocenters. The van der Waals surface area contributed by atoms with Gasteiger partial charge in [0, 0.05) is 5.02 Å². The number of carbonyl (C=O) groups is 1. The highest BCUT2D eigenvalue weighted by Crippen LogP contribution is 2.27. The molecule has 0 aliphatic carbocycles. The molecular formula is C24H24ClFN2O4S. The highest BCUT2D eigenvalue weighted by Gasteiger charge is 2.29. The lowest BCUT2D eigenvalue weighted by molar-refractivity contribution is -0.123. The van der Waals surface area contributed by atoms with Crippen molar-refractivity contribution < 1.29 is 22.3 Å². The summed E-state index contributed by atoms with van der Waals surface area (Å²) in [5, 5.41) is 3.02. The van der Waals surface area contributed by atoms with Crippen LogP contribution in [0.5, 0.6) is 5.75 Å². The fourth-order valence-corrected chi connectivity index (χ4v) is 4.92. The molecule has 2 atom stereocenters. The molecule has 174 valence electrons. The summed E-state index contributed by atoms with van der Waals surface area (Å²) in [6.07, 6.45) is 0.116. The van der Waals surface area contributed by atoms with Gasteiger partial charge in [-0.15, -0.1) is 0 Å². The van der Waals surface area contributed by atoms with E-state index in [4.69, 9.17) is 16.3 Å². The van der Waals surface area contributed by atoms with E-state index in [-0.39, 0.29) is 27.9 Å². The third kappa shape index (κ3) is 6.54. The number of nitrogens with one attached hydrogen (secondary N) is 2. The summed E-state index contributed by atoms with van der Waals surface area (Å²) in [5.41, 5.74) is 1.45. The van der Waals surface area contributed by atoms with Crippen molar-refractivity contribution in [3.05, 3.63) is 94.8 Å². The Hall–Kier alpha value is -2.94. The molecule has 0 aromatic heterocycles. The first kappa shape index (κ1) is 24.7. The van der Waals surface area contributed by atoms with Crippen molar-refractivity contribution in [3.63, 3.8) is 0 Å². The van der Waals surface area contributed by atoms with Crippen molar-refractivity contribution in [3.8, 4) is 5.75 Å². The zero-order valence-electron chi connectivity index (χ0n) is 18.1. The Labute approximate surface area is 197 Å². The Kier molecular flexibility index (Phi) is 8.07. The normalized spacial score (nSPS) is 13.2. The third-order valence-corrected chi connectivity index (χ3v) is 6.77. The minimum atomic E-state index is -4.17. The Morgan fingerprint density at radius 2 is 1.73 bits per heavy atom. The second kappa shape index (κ2) is 10.8. The number of ether oxygens (including phenoxy) is 1. The summed E-state index contributed by atoms with van der Waals surface area (Å²) in [7, 11) is -2.82. The standard InChI is InChI=1S/C24H24ClFN2O4S/c1-16(18-8-11-20(26)12-9-18)27-24(29)21(14-17-6-4-3-5-7-17)28-33(30,31)23-15-19(25)10-13-22(23)32-2/h3-13,15-16,21,28H,14H2,1-2H3,(H,27,29)/t16-,21+/m0/s1. The monoisotopic (exact) mass is 490 g/mol. The molecule has 0 saturated heterocycles. The van der Waals surface area contributed by atoms with Crippen molar-refractivity contribution in [1.82, 2.24) is 10.0 Å². The number of rotatable bonds is 9. The van der Waals surface area contributed by atoms with Gasteiger partial charge in [-0.25, -0.2) is 12.8 Å². The zero-order valence-corrected chi connectivity index (χ0v) is 19.7. The number of halogens is 2. The SMILES string of the molecule is COc1ccc(Cl)cc1S(=O)(=O)N[C@H](Cc1ccccc1)C(=O)N[C@@H](C)c1ccc(F)cc1. The number of benzene rings is 3. The van der Waals surface area contributed by atoms with Crippen molar-refractivity contribution in [1.29, 1.82) is 0 Å². The first-order valence-corrected chi connectivity index (χ1v) is 12.0. The quantitative estimate of drug-likeness (QED) is 0.469. The summed E-state index contributed by atoms with van der Waals surface area (Å²) < 4.78 is 47.3. The summed E-state index contributed by atoms with van der Waals surface area (Å²) in [6.45, 7) is 1.74. The van der Waals surface area contributed by atoms with Gasteiger partial charge < -0.3 is 10.1 Å². The molecule has 3 aromatic rings. The van der Waals surface area contributed by atoms with Crippen molar-refractivity contribution in [2.45, 2.75) is 30.3 Å². The van der Waals surface area contributed by atoms with E-state index in [1.807, 2.05) is 6.07 Å². The lowest BCUT2D eigenvalue weighted by atomic mass is 10.0. The van der Waals surface area contributed by atoms with E-state index >= 15 is 0 Å². The Balaban J connectivity index is 1.88. The van der Waals surface area contributed by atoms with Crippen molar-refractivity contribution >= 4 is 27.5 Å². The average molecular weight is 491 g/mol. The number of carbonyl (C=O) groups excluding carboxylic acids is 1. The molecule has 9 heteroatoms. The molecule has 6 nitrogen and oxygen atoms in total. The van der Waals surface area contributed by atoms with Crippen molar-refractivity contribution in [2.75, 3.05) is 7.11 Å². The van der Waals surface area contributed by atoms with E-state index < -0.39 is 28.0 Å². The molecule has 0 radical (unpaired) electrons. The highest BCUT2D eigenvalue weighted by atomic mass is 35.5. The fraction of sp³-hybridized carbons (Fsp3) is 0.208. The molecule has 0 aliphatic rings. The van der Waals surface area contributed by atoms with Crippen LogP contribution < -0.4 is 14.8 Å². The van der Waals surface area contributed by atoms with Crippen LogP contribution in [0.3, 0.4) is 0 Å². The van der Waals surface area contributed by atoms with Crippen LogP contribution in [0.2, 0.25) is 5.02 Å². The molecule has 0 saturated carbocycles. The number of amides is 1. The molecule has 3 rings (SSSR count). The van der Waals surface area contributed by atoms with E-state index in [1.54, 1.807) is 43.3 Å². The molecule has 0 aliphatic heterocycles. The third-order valence-electron chi connectivity index (χ3n) is 5.04. The molecule has 33 heavy (non-hydrogen) atoms. The molecule has 2 N–H and O–H groups in total. The molecule has 3 aromatic carbocycles. The van der Waals surface area contributed by atoms with E-state index in [0.717, 1.165) is 5.56 Å². The van der Waals surface area contributed by atoms with E-state index in [1.165, 1.54) is 37.4 Å². The van der Waals surface area contributed by atoms with Crippen LogP contribution in [0, 0.1) is 5.82 Å². The van der Waals surface area contributed by atoms with E-state index in [0.29, 0.717) is 5.56 Å². The van der Waals surface area contributed by atoms with Crippen LogP contribution in [-0.2, 0) is 21.2 Å². The first-order chi connectivity index (χ1) is 15.7. The Morgan fingerprint density at radius 1 is 1.06 bits per heavy atom. The van der Waals surface area contributed by atoms with Gasteiger partial charge in [-0.3, -0.25) is 4.79 Å². The van der Waals surface area contributed by atoms with Crippen LogP contribution in [0.4, 0.5) is 4.39 Å². The Bertz CT molecular complexity index is 1200. The predicted octanol–water partition coefficient (Wildman–Crippen LogP) is 4.25. The zero-order chi connectivity index (χ0) is 24.0. The maximum absolute atomic E-state index is 13.2. The highest BCUT2D eigenvalue weighted by molar-refractivity contribution is 7.89. The second-order valence-corrected chi connectivity index (χ2v) is 9.56. The summed E-state index contributed by atoms with van der Waals surface area (Å²) in [6, 6.07) is 17.4. The van der Waals surface area contributed by atoms with Crippen molar-refractivity contribution in [2.24, 2.45) is 0 Å². The Morgan fingerprint density at radius 3 is 2.36 bits per heavy atom.